The maximum Gasteiger partial charge on any atom is 0.253 e. The summed E-state index contributed by atoms with van der Waals surface area (Å²) in [4.78, 5) is 1.13. The number of hydrogen-bond acceptors (Lipinski definition) is 4. The average Bonchev–Trinajstić information content (AvgIpc) is 3.02. The van der Waals surface area contributed by atoms with Gasteiger partial charge in [-0.1, -0.05) is 6.92 Å². The molecule has 1 aromatic rings. The van der Waals surface area contributed by atoms with E-state index in [0.717, 1.165) is 37.0 Å². The first-order valence-electron chi connectivity index (χ1n) is 7.21. The quantitative estimate of drug-likeness (QED) is 0.858. The number of methoxy groups -OCH3 is 1. The lowest BCUT2D eigenvalue weighted by Crippen LogP contribution is -2.48. The van der Waals surface area contributed by atoms with Gasteiger partial charge in [-0.3, -0.25) is 0 Å². The zero-order valence-electron chi connectivity index (χ0n) is 11.9. The predicted molar refractivity (Wildman–Crippen MR) is 79.6 cm³/mol. The number of piperidine rings is 1. The number of aryl methyl sites for hydroxylation is 1. The first kappa shape index (κ1) is 14.5. The molecule has 2 unspecified atom stereocenters. The zero-order valence-corrected chi connectivity index (χ0v) is 13.5. The Kier molecular flexibility index (Phi) is 3.92. The molecule has 2 saturated heterocycles. The summed E-state index contributed by atoms with van der Waals surface area (Å²) in [7, 11) is -1.60. The van der Waals surface area contributed by atoms with Gasteiger partial charge in [0.15, 0.2) is 0 Å². The summed E-state index contributed by atoms with van der Waals surface area (Å²) < 4.78 is 33.5. The van der Waals surface area contributed by atoms with Crippen molar-refractivity contribution in [1.29, 1.82) is 0 Å². The van der Waals surface area contributed by atoms with Crippen LogP contribution in [0.4, 0.5) is 0 Å². The SMILES string of the molecule is CCc1ccc(S(=O)(=O)N2C3CCC2CC(OC)C3)s1. The number of hydrogen-bond donors (Lipinski definition) is 0. The smallest absolute Gasteiger partial charge is 0.253 e. The fourth-order valence-corrected chi connectivity index (χ4v) is 6.75. The van der Waals surface area contributed by atoms with Gasteiger partial charge < -0.3 is 4.74 Å². The highest BCUT2D eigenvalue weighted by Gasteiger charge is 2.47. The van der Waals surface area contributed by atoms with Crippen LogP contribution < -0.4 is 0 Å². The van der Waals surface area contributed by atoms with Crippen molar-refractivity contribution in [3.05, 3.63) is 17.0 Å². The molecule has 1 aromatic heterocycles. The van der Waals surface area contributed by atoms with Gasteiger partial charge in [0.25, 0.3) is 10.0 Å². The minimum absolute atomic E-state index is 0.121. The van der Waals surface area contributed by atoms with Crippen molar-refractivity contribution in [3.63, 3.8) is 0 Å². The minimum Gasteiger partial charge on any atom is -0.381 e. The van der Waals surface area contributed by atoms with Crippen LogP contribution in [0.15, 0.2) is 16.3 Å². The fraction of sp³-hybridized carbons (Fsp3) is 0.714. The molecule has 0 N–H and O–H groups in total. The molecule has 0 aromatic carbocycles. The lowest BCUT2D eigenvalue weighted by atomic mass is 10.0. The lowest BCUT2D eigenvalue weighted by molar-refractivity contribution is 0.0350. The summed E-state index contributed by atoms with van der Waals surface area (Å²) in [6, 6.07) is 3.94. The van der Waals surface area contributed by atoms with E-state index in [9.17, 15) is 8.42 Å². The summed E-state index contributed by atoms with van der Waals surface area (Å²) in [5.74, 6) is 0. The van der Waals surface area contributed by atoms with E-state index < -0.39 is 10.0 Å². The first-order valence-corrected chi connectivity index (χ1v) is 9.47. The third-order valence-corrected chi connectivity index (χ3v) is 8.18. The van der Waals surface area contributed by atoms with Crippen LogP contribution >= 0.6 is 11.3 Å². The Morgan fingerprint density at radius 1 is 1.30 bits per heavy atom. The van der Waals surface area contributed by atoms with Crippen molar-refractivity contribution in [3.8, 4) is 0 Å². The van der Waals surface area contributed by atoms with E-state index in [-0.39, 0.29) is 18.2 Å². The number of rotatable bonds is 4. The second-order valence-corrected chi connectivity index (χ2v) is 8.86. The van der Waals surface area contributed by atoms with Crippen LogP contribution in [-0.2, 0) is 21.2 Å². The summed E-state index contributed by atoms with van der Waals surface area (Å²) >= 11 is 1.41. The van der Waals surface area contributed by atoms with Gasteiger partial charge in [-0.25, -0.2) is 8.42 Å². The molecule has 20 heavy (non-hydrogen) atoms. The van der Waals surface area contributed by atoms with Crippen molar-refractivity contribution in [1.82, 2.24) is 4.31 Å². The zero-order chi connectivity index (χ0) is 14.3. The number of thiophene rings is 1. The maximum atomic E-state index is 12.9. The van der Waals surface area contributed by atoms with E-state index in [1.54, 1.807) is 17.5 Å². The molecule has 3 rings (SSSR count). The molecule has 2 bridgehead atoms. The van der Waals surface area contributed by atoms with E-state index in [1.165, 1.54) is 11.3 Å². The normalized spacial score (nSPS) is 30.8. The highest BCUT2D eigenvalue weighted by molar-refractivity contribution is 7.91. The van der Waals surface area contributed by atoms with Gasteiger partial charge in [0.2, 0.25) is 0 Å². The van der Waals surface area contributed by atoms with Crippen molar-refractivity contribution in [2.75, 3.05) is 7.11 Å². The second-order valence-electron chi connectivity index (χ2n) is 5.62. The highest BCUT2D eigenvalue weighted by atomic mass is 32.2. The Bertz CT molecular complexity index is 567. The van der Waals surface area contributed by atoms with Crippen LogP contribution in [-0.4, -0.2) is 38.0 Å². The van der Waals surface area contributed by atoms with Crippen molar-refractivity contribution >= 4 is 21.4 Å². The topological polar surface area (TPSA) is 46.6 Å². The summed E-state index contributed by atoms with van der Waals surface area (Å²) in [6.07, 6.45) is 4.70. The van der Waals surface area contributed by atoms with E-state index >= 15 is 0 Å². The summed E-state index contributed by atoms with van der Waals surface area (Å²) in [5, 5.41) is 0. The number of ether oxygens (including phenoxy) is 1. The molecule has 6 heteroatoms. The number of sulfonamides is 1. The van der Waals surface area contributed by atoms with Gasteiger partial charge in [0.05, 0.1) is 6.10 Å². The van der Waals surface area contributed by atoms with Gasteiger partial charge in [-0.15, -0.1) is 11.3 Å². The Hall–Kier alpha value is -0.430. The molecule has 3 heterocycles. The van der Waals surface area contributed by atoms with Crippen molar-refractivity contribution in [2.45, 2.75) is 61.4 Å². The molecule has 0 spiro atoms. The number of fused-ring (bicyclic) bond motifs is 2. The minimum atomic E-state index is -3.32. The molecular weight excluding hydrogens is 294 g/mol. The monoisotopic (exact) mass is 315 g/mol. The van der Waals surface area contributed by atoms with E-state index in [0.29, 0.717) is 4.21 Å². The Balaban J connectivity index is 1.89. The molecule has 112 valence electrons. The molecule has 2 atom stereocenters. The van der Waals surface area contributed by atoms with Crippen LogP contribution in [0.2, 0.25) is 0 Å². The van der Waals surface area contributed by atoms with Crippen LogP contribution in [0.5, 0.6) is 0 Å². The van der Waals surface area contributed by atoms with Crippen molar-refractivity contribution in [2.24, 2.45) is 0 Å². The molecule has 0 saturated carbocycles. The van der Waals surface area contributed by atoms with Gasteiger partial charge in [-0.05, 0) is 44.2 Å². The van der Waals surface area contributed by atoms with Crippen LogP contribution in [0.25, 0.3) is 0 Å². The predicted octanol–water partition coefficient (Wildman–Crippen LogP) is 2.64. The third kappa shape index (κ3) is 2.32. The van der Waals surface area contributed by atoms with Gasteiger partial charge in [0, 0.05) is 24.1 Å². The highest BCUT2D eigenvalue weighted by Crippen LogP contribution is 2.41. The molecule has 0 radical (unpaired) electrons. The molecule has 2 fully saturated rings. The standard InChI is InChI=1S/C14H21NO3S2/c1-3-13-6-7-14(19-13)20(16,17)15-10-4-5-11(15)9-12(8-10)18-2/h6-7,10-12H,3-5,8-9H2,1-2H3. The average molecular weight is 315 g/mol. The van der Waals surface area contributed by atoms with Gasteiger partial charge in [-0.2, -0.15) is 4.31 Å². The Morgan fingerprint density at radius 2 is 1.95 bits per heavy atom. The van der Waals surface area contributed by atoms with Crippen LogP contribution in [0.1, 0.15) is 37.5 Å². The molecular formula is C14H21NO3S2. The Labute approximate surface area is 124 Å². The van der Waals surface area contributed by atoms with E-state index in [1.807, 2.05) is 6.07 Å². The Morgan fingerprint density at radius 3 is 2.45 bits per heavy atom. The molecule has 2 aliphatic heterocycles. The second kappa shape index (κ2) is 5.40. The maximum absolute atomic E-state index is 12.9. The van der Waals surface area contributed by atoms with Crippen LogP contribution in [0, 0.1) is 0 Å². The fourth-order valence-electron chi connectivity index (χ4n) is 3.46. The number of nitrogens with zero attached hydrogens (tertiary/aromatic N) is 1. The van der Waals surface area contributed by atoms with Crippen LogP contribution in [0.3, 0.4) is 0 Å². The van der Waals surface area contributed by atoms with Gasteiger partial charge >= 0.3 is 0 Å². The summed E-state index contributed by atoms with van der Waals surface area (Å²) in [5.41, 5.74) is 0. The first-order chi connectivity index (χ1) is 9.56. The van der Waals surface area contributed by atoms with Crippen molar-refractivity contribution < 1.29 is 13.2 Å². The largest absolute Gasteiger partial charge is 0.381 e. The van der Waals surface area contributed by atoms with Gasteiger partial charge in [0.1, 0.15) is 4.21 Å². The third-order valence-electron chi connectivity index (χ3n) is 4.47. The molecule has 2 aliphatic rings. The molecule has 0 aliphatic carbocycles. The van der Waals surface area contributed by atoms with E-state index in [4.69, 9.17) is 4.74 Å². The molecule has 4 nitrogen and oxygen atoms in total. The van der Waals surface area contributed by atoms with E-state index in [2.05, 4.69) is 6.92 Å². The lowest BCUT2D eigenvalue weighted by Gasteiger charge is -2.36. The summed E-state index contributed by atoms with van der Waals surface area (Å²) in [6.45, 7) is 2.05. The molecule has 0 amide bonds.